The number of aryl methyl sites for hydroxylation is 2. The predicted molar refractivity (Wildman–Crippen MR) is 103 cm³/mol. The third-order valence-electron chi connectivity index (χ3n) is 4.71. The fourth-order valence-electron chi connectivity index (χ4n) is 2.94. The van der Waals surface area contributed by atoms with Crippen LogP contribution in [0.2, 0.25) is 0 Å². The summed E-state index contributed by atoms with van der Waals surface area (Å²) in [5, 5.41) is 11.8. The number of carboxylic acids is 1. The lowest BCUT2D eigenvalue weighted by molar-refractivity contribution is -0.137. The van der Waals surface area contributed by atoms with Crippen LogP contribution in [0.5, 0.6) is 0 Å². The third kappa shape index (κ3) is 6.03. The van der Waals surface area contributed by atoms with Gasteiger partial charge in [-0.15, -0.1) is 0 Å². The average Bonchev–Trinajstić information content (AvgIpc) is 2.64. The Balaban J connectivity index is 1.88. The van der Waals surface area contributed by atoms with Crippen molar-refractivity contribution < 1.29 is 14.7 Å². The van der Waals surface area contributed by atoms with Gasteiger partial charge in [0, 0.05) is 18.9 Å². The first kappa shape index (κ1) is 19.7. The van der Waals surface area contributed by atoms with E-state index in [1.54, 1.807) is 0 Å². The Labute approximate surface area is 155 Å². The molecule has 2 aromatic rings. The van der Waals surface area contributed by atoms with E-state index < -0.39 is 5.97 Å². The zero-order chi connectivity index (χ0) is 18.9. The Morgan fingerprint density at radius 3 is 2.31 bits per heavy atom. The van der Waals surface area contributed by atoms with Crippen LogP contribution in [0.3, 0.4) is 0 Å². The van der Waals surface area contributed by atoms with Gasteiger partial charge in [0.1, 0.15) is 0 Å². The van der Waals surface area contributed by atoms with Gasteiger partial charge in [-0.1, -0.05) is 55.5 Å². The number of benzene rings is 2. The summed E-state index contributed by atoms with van der Waals surface area (Å²) >= 11 is 0. The molecule has 0 aromatic heterocycles. The number of nitrogens with one attached hydrogen (secondary N) is 1. The molecule has 0 saturated carbocycles. The van der Waals surface area contributed by atoms with E-state index in [-0.39, 0.29) is 18.2 Å². The predicted octanol–water partition coefficient (Wildman–Crippen LogP) is 3.90. The van der Waals surface area contributed by atoms with Crippen molar-refractivity contribution >= 4 is 11.9 Å². The van der Waals surface area contributed by atoms with Gasteiger partial charge in [0.2, 0.25) is 5.91 Å². The highest BCUT2D eigenvalue weighted by atomic mass is 16.4. The Hall–Kier alpha value is -2.62. The number of hydrogen-bond donors (Lipinski definition) is 2. The van der Waals surface area contributed by atoms with Crippen molar-refractivity contribution in [1.29, 1.82) is 0 Å². The van der Waals surface area contributed by atoms with Crippen molar-refractivity contribution in [2.45, 2.75) is 46.1 Å². The molecule has 26 heavy (non-hydrogen) atoms. The highest BCUT2D eigenvalue weighted by molar-refractivity contribution is 5.79. The van der Waals surface area contributed by atoms with E-state index in [1.807, 2.05) is 43.3 Å². The van der Waals surface area contributed by atoms with E-state index in [2.05, 4.69) is 24.4 Å². The van der Waals surface area contributed by atoms with Gasteiger partial charge in [-0.2, -0.15) is 0 Å². The average molecular weight is 353 g/mol. The van der Waals surface area contributed by atoms with E-state index in [0.717, 1.165) is 24.0 Å². The molecule has 0 aliphatic heterocycles. The van der Waals surface area contributed by atoms with Gasteiger partial charge >= 0.3 is 5.97 Å². The lowest BCUT2D eigenvalue weighted by Gasteiger charge is -2.16. The summed E-state index contributed by atoms with van der Waals surface area (Å²) < 4.78 is 0. The van der Waals surface area contributed by atoms with Gasteiger partial charge in [0.15, 0.2) is 0 Å². The van der Waals surface area contributed by atoms with Gasteiger partial charge in [-0.3, -0.25) is 9.59 Å². The molecule has 2 aromatic carbocycles. The molecular formula is C22H27NO3. The van der Waals surface area contributed by atoms with Crippen LogP contribution >= 0.6 is 0 Å². The van der Waals surface area contributed by atoms with Crippen molar-refractivity contribution in [1.82, 2.24) is 5.32 Å². The minimum Gasteiger partial charge on any atom is -0.481 e. The molecular weight excluding hydrogens is 326 g/mol. The zero-order valence-corrected chi connectivity index (χ0v) is 15.5. The van der Waals surface area contributed by atoms with Crippen LogP contribution in [-0.2, 0) is 29.0 Å². The fourth-order valence-corrected chi connectivity index (χ4v) is 2.94. The van der Waals surface area contributed by atoms with Crippen LogP contribution < -0.4 is 5.32 Å². The largest absolute Gasteiger partial charge is 0.481 e. The molecule has 1 amide bonds. The van der Waals surface area contributed by atoms with Crippen molar-refractivity contribution in [3.05, 3.63) is 70.8 Å². The maximum atomic E-state index is 12.5. The van der Waals surface area contributed by atoms with Crippen LogP contribution in [0.25, 0.3) is 0 Å². The number of hydrogen-bond acceptors (Lipinski definition) is 2. The molecule has 138 valence electrons. The van der Waals surface area contributed by atoms with Crippen molar-refractivity contribution in [3.63, 3.8) is 0 Å². The molecule has 0 fully saturated rings. The van der Waals surface area contributed by atoms with Crippen molar-refractivity contribution in [2.24, 2.45) is 5.92 Å². The molecule has 1 unspecified atom stereocenters. The molecule has 0 aliphatic carbocycles. The molecule has 0 bridgehead atoms. The van der Waals surface area contributed by atoms with Crippen LogP contribution in [0.1, 0.15) is 42.0 Å². The molecule has 2 N–H and O–H groups in total. The summed E-state index contributed by atoms with van der Waals surface area (Å²) in [6, 6.07) is 15.9. The summed E-state index contributed by atoms with van der Waals surface area (Å²) in [7, 11) is 0. The molecule has 0 spiro atoms. The normalized spacial score (nSPS) is 11.8. The van der Waals surface area contributed by atoms with E-state index in [9.17, 15) is 9.59 Å². The summed E-state index contributed by atoms with van der Waals surface area (Å²) in [6.45, 7) is 4.61. The quantitative estimate of drug-likeness (QED) is 0.718. The van der Waals surface area contributed by atoms with Gasteiger partial charge in [-0.05, 0) is 48.4 Å². The minimum atomic E-state index is -0.791. The number of carboxylic acid groups (broad SMARTS) is 1. The molecule has 4 nitrogen and oxygen atoms in total. The minimum absolute atomic E-state index is 0.0362. The molecule has 2 rings (SSSR count). The summed E-state index contributed by atoms with van der Waals surface area (Å²) in [4.78, 5) is 23.1. The van der Waals surface area contributed by atoms with Gasteiger partial charge < -0.3 is 10.4 Å². The molecule has 0 radical (unpaired) electrons. The van der Waals surface area contributed by atoms with E-state index in [0.29, 0.717) is 13.0 Å². The first-order valence-electron chi connectivity index (χ1n) is 9.11. The van der Waals surface area contributed by atoms with Crippen molar-refractivity contribution in [3.8, 4) is 0 Å². The SMILES string of the molecule is CCC(Cc1ccccc1C)C(=O)NCc1ccc(CCC(=O)O)cc1. The number of aliphatic carboxylic acids is 1. The standard InChI is InChI=1S/C22H27NO3/c1-3-19(14-20-7-5-4-6-16(20)2)22(26)23-15-18-10-8-17(9-11-18)12-13-21(24)25/h4-11,19H,3,12-15H2,1-2H3,(H,23,26)(H,24,25). The molecule has 0 aliphatic rings. The monoisotopic (exact) mass is 353 g/mol. The van der Waals surface area contributed by atoms with Crippen LogP contribution in [0.15, 0.2) is 48.5 Å². The van der Waals surface area contributed by atoms with Crippen LogP contribution in [0, 0.1) is 12.8 Å². The molecule has 0 heterocycles. The van der Waals surface area contributed by atoms with Gasteiger partial charge in [0.25, 0.3) is 0 Å². The summed E-state index contributed by atoms with van der Waals surface area (Å²) in [5.74, 6) is -0.753. The first-order chi connectivity index (χ1) is 12.5. The maximum Gasteiger partial charge on any atom is 0.303 e. The fraction of sp³-hybridized carbons (Fsp3) is 0.364. The lowest BCUT2D eigenvalue weighted by Crippen LogP contribution is -2.31. The number of carbonyl (C=O) groups excluding carboxylic acids is 1. The first-order valence-corrected chi connectivity index (χ1v) is 9.11. The number of rotatable bonds is 9. The van der Waals surface area contributed by atoms with E-state index >= 15 is 0 Å². The highest BCUT2D eigenvalue weighted by Gasteiger charge is 2.17. The number of carbonyl (C=O) groups is 2. The second-order valence-electron chi connectivity index (χ2n) is 6.66. The third-order valence-corrected chi connectivity index (χ3v) is 4.71. The lowest BCUT2D eigenvalue weighted by atomic mass is 9.93. The molecule has 0 saturated heterocycles. The van der Waals surface area contributed by atoms with E-state index in [1.165, 1.54) is 11.1 Å². The topological polar surface area (TPSA) is 66.4 Å². The summed E-state index contributed by atoms with van der Waals surface area (Å²) in [5.41, 5.74) is 4.45. The second kappa shape index (κ2) is 9.76. The zero-order valence-electron chi connectivity index (χ0n) is 15.5. The Morgan fingerprint density at radius 1 is 1.04 bits per heavy atom. The van der Waals surface area contributed by atoms with Crippen molar-refractivity contribution in [2.75, 3.05) is 0 Å². The highest BCUT2D eigenvalue weighted by Crippen LogP contribution is 2.16. The Kier molecular flexibility index (Phi) is 7.39. The van der Waals surface area contributed by atoms with Crippen LogP contribution in [0.4, 0.5) is 0 Å². The smallest absolute Gasteiger partial charge is 0.303 e. The Bertz CT molecular complexity index is 737. The summed E-state index contributed by atoms with van der Waals surface area (Å²) in [6.07, 6.45) is 2.21. The van der Waals surface area contributed by atoms with E-state index in [4.69, 9.17) is 5.11 Å². The Morgan fingerprint density at radius 2 is 1.69 bits per heavy atom. The molecule has 4 heteroatoms. The van der Waals surface area contributed by atoms with Crippen LogP contribution in [-0.4, -0.2) is 17.0 Å². The second-order valence-corrected chi connectivity index (χ2v) is 6.66. The van der Waals surface area contributed by atoms with Gasteiger partial charge in [-0.25, -0.2) is 0 Å². The number of amides is 1. The molecule has 1 atom stereocenters. The van der Waals surface area contributed by atoms with Gasteiger partial charge in [0.05, 0.1) is 0 Å². The maximum absolute atomic E-state index is 12.5.